The first-order valence-electron chi connectivity index (χ1n) is 11.6. The number of esters is 1. The normalized spacial score (nSPS) is 12.1. The highest BCUT2D eigenvalue weighted by Gasteiger charge is 2.36. The molecular weight excluding hydrogens is 530 g/mol. The molecule has 0 bridgehead atoms. The summed E-state index contributed by atoms with van der Waals surface area (Å²) in [6.45, 7) is 4.80. The third-order valence-corrected chi connectivity index (χ3v) is 5.48. The van der Waals surface area contributed by atoms with Crippen LogP contribution < -0.4 is 10.1 Å². The lowest BCUT2D eigenvalue weighted by Gasteiger charge is -2.24. The Hall–Kier alpha value is -4.09. The Kier molecular flexibility index (Phi) is 8.57. The molecule has 0 atom stereocenters. The smallest absolute Gasteiger partial charge is 0.417 e. The van der Waals surface area contributed by atoms with Gasteiger partial charge in [-0.2, -0.15) is 26.3 Å². The van der Waals surface area contributed by atoms with Crippen molar-refractivity contribution < 1.29 is 45.4 Å². The molecular formula is C27H24F6N2O4. The summed E-state index contributed by atoms with van der Waals surface area (Å²) in [6.07, 6.45) is -8.79. The molecule has 39 heavy (non-hydrogen) atoms. The van der Waals surface area contributed by atoms with Gasteiger partial charge in [-0.25, -0.2) is 4.79 Å². The Bertz CT molecular complexity index is 1320. The van der Waals surface area contributed by atoms with Gasteiger partial charge >= 0.3 is 18.3 Å². The molecule has 0 aliphatic carbocycles. The first-order chi connectivity index (χ1) is 18.1. The minimum absolute atomic E-state index is 0.0221. The van der Waals surface area contributed by atoms with E-state index in [2.05, 4.69) is 10.3 Å². The highest BCUT2D eigenvalue weighted by molar-refractivity contribution is 5.96. The number of rotatable bonds is 8. The standard InChI is InChI=1S/C27H24F6N2O4/c1-4-38-24(37)25(2,3)39-19-11-5-16(6-12-19)14-35-23(36)20-15-34-22(13-21(20)27(31,32)33)17-7-9-18(10-8-17)26(28,29)30/h5-13,15H,4,14H2,1-3H3,(H,35,36). The van der Waals surface area contributed by atoms with E-state index in [9.17, 15) is 35.9 Å². The average molecular weight is 554 g/mol. The van der Waals surface area contributed by atoms with E-state index in [1.165, 1.54) is 26.0 Å². The number of hydrogen-bond donors (Lipinski definition) is 1. The molecule has 0 spiro atoms. The minimum Gasteiger partial charge on any atom is -0.476 e. The molecule has 1 heterocycles. The molecule has 0 saturated carbocycles. The summed E-state index contributed by atoms with van der Waals surface area (Å²) in [6, 6.07) is 10.3. The zero-order chi connectivity index (χ0) is 29.0. The zero-order valence-corrected chi connectivity index (χ0v) is 21.0. The minimum atomic E-state index is -4.93. The second-order valence-corrected chi connectivity index (χ2v) is 8.85. The van der Waals surface area contributed by atoms with Crippen LogP contribution in [-0.4, -0.2) is 29.1 Å². The van der Waals surface area contributed by atoms with Gasteiger partial charge in [-0.15, -0.1) is 0 Å². The molecule has 3 aromatic rings. The molecule has 0 fully saturated rings. The highest BCUT2D eigenvalue weighted by atomic mass is 19.4. The summed E-state index contributed by atoms with van der Waals surface area (Å²) in [5.41, 5.74) is -3.92. The van der Waals surface area contributed by atoms with E-state index in [4.69, 9.17) is 9.47 Å². The number of hydrogen-bond acceptors (Lipinski definition) is 5. The molecule has 3 rings (SSSR count). The Balaban J connectivity index is 1.74. The monoisotopic (exact) mass is 554 g/mol. The van der Waals surface area contributed by atoms with Crippen LogP contribution in [0.4, 0.5) is 26.3 Å². The predicted octanol–water partition coefficient (Wildman–Crippen LogP) is 6.44. The van der Waals surface area contributed by atoms with E-state index in [1.807, 2.05) is 0 Å². The number of alkyl halides is 6. The van der Waals surface area contributed by atoms with Crippen LogP contribution in [0.15, 0.2) is 60.8 Å². The van der Waals surface area contributed by atoms with Gasteiger partial charge < -0.3 is 14.8 Å². The zero-order valence-electron chi connectivity index (χ0n) is 21.0. The van der Waals surface area contributed by atoms with E-state index in [-0.39, 0.29) is 24.4 Å². The molecule has 0 unspecified atom stereocenters. The predicted molar refractivity (Wildman–Crippen MR) is 129 cm³/mol. The summed E-state index contributed by atoms with van der Waals surface area (Å²) >= 11 is 0. The molecule has 1 aromatic heterocycles. The van der Waals surface area contributed by atoms with Gasteiger partial charge in [0.1, 0.15) is 5.75 Å². The SMILES string of the molecule is CCOC(=O)C(C)(C)Oc1ccc(CNC(=O)c2cnc(-c3ccc(C(F)(F)F)cc3)cc2C(F)(F)F)cc1. The maximum Gasteiger partial charge on any atom is 0.417 e. The Labute approximate surface area is 220 Å². The van der Waals surface area contributed by atoms with Gasteiger partial charge in [-0.1, -0.05) is 24.3 Å². The largest absolute Gasteiger partial charge is 0.476 e. The number of carbonyl (C=O) groups excluding carboxylic acids is 2. The van der Waals surface area contributed by atoms with Crippen molar-refractivity contribution in [3.05, 3.63) is 83.0 Å². The third-order valence-electron chi connectivity index (χ3n) is 5.48. The second-order valence-electron chi connectivity index (χ2n) is 8.85. The van der Waals surface area contributed by atoms with Crippen molar-refractivity contribution in [1.82, 2.24) is 10.3 Å². The molecule has 0 saturated heterocycles. The lowest BCUT2D eigenvalue weighted by atomic mass is 10.0. The van der Waals surface area contributed by atoms with Crippen molar-refractivity contribution in [2.45, 2.75) is 45.3 Å². The van der Waals surface area contributed by atoms with Crippen molar-refractivity contribution in [3.63, 3.8) is 0 Å². The number of halogens is 6. The molecule has 1 amide bonds. The van der Waals surface area contributed by atoms with Crippen LogP contribution in [0.1, 0.15) is 47.8 Å². The van der Waals surface area contributed by atoms with E-state index < -0.39 is 46.5 Å². The number of amides is 1. The van der Waals surface area contributed by atoms with E-state index in [1.54, 1.807) is 19.1 Å². The second kappa shape index (κ2) is 11.3. The van der Waals surface area contributed by atoms with Crippen molar-refractivity contribution in [2.75, 3.05) is 6.61 Å². The van der Waals surface area contributed by atoms with Crippen LogP contribution in [0.2, 0.25) is 0 Å². The summed E-state index contributed by atoms with van der Waals surface area (Å²) in [4.78, 5) is 28.5. The number of nitrogens with one attached hydrogen (secondary N) is 1. The molecule has 12 heteroatoms. The molecule has 0 aliphatic heterocycles. The van der Waals surface area contributed by atoms with E-state index in [0.717, 1.165) is 30.5 Å². The average Bonchev–Trinajstić information content (AvgIpc) is 2.87. The molecule has 2 aromatic carbocycles. The number of benzene rings is 2. The van der Waals surface area contributed by atoms with Gasteiger partial charge in [0.2, 0.25) is 0 Å². The fourth-order valence-corrected chi connectivity index (χ4v) is 3.45. The number of ether oxygens (including phenoxy) is 2. The van der Waals surface area contributed by atoms with Crippen LogP contribution in [0, 0.1) is 0 Å². The van der Waals surface area contributed by atoms with Crippen molar-refractivity contribution in [2.24, 2.45) is 0 Å². The van der Waals surface area contributed by atoms with Crippen molar-refractivity contribution in [3.8, 4) is 17.0 Å². The maximum absolute atomic E-state index is 13.8. The third kappa shape index (κ3) is 7.49. The van der Waals surface area contributed by atoms with E-state index >= 15 is 0 Å². The lowest BCUT2D eigenvalue weighted by molar-refractivity contribution is -0.158. The summed E-state index contributed by atoms with van der Waals surface area (Å²) in [5, 5.41) is 2.39. The van der Waals surface area contributed by atoms with Crippen molar-refractivity contribution in [1.29, 1.82) is 0 Å². The van der Waals surface area contributed by atoms with Crippen LogP contribution in [0.25, 0.3) is 11.3 Å². The van der Waals surface area contributed by atoms with Gasteiger partial charge in [0.15, 0.2) is 5.60 Å². The van der Waals surface area contributed by atoms with Gasteiger partial charge in [0.05, 0.1) is 29.0 Å². The quantitative estimate of drug-likeness (QED) is 0.256. The Morgan fingerprint density at radius 3 is 2.05 bits per heavy atom. The van der Waals surface area contributed by atoms with E-state index in [0.29, 0.717) is 17.4 Å². The summed E-state index contributed by atoms with van der Waals surface area (Å²) in [7, 11) is 0. The topological polar surface area (TPSA) is 77.5 Å². The van der Waals surface area contributed by atoms with Crippen LogP contribution in [0.5, 0.6) is 5.75 Å². The first kappa shape index (κ1) is 29.5. The number of nitrogens with zero attached hydrogens (tertiary/aromatic N) is 1. The van der Waals surface area contributed by atoms with Gasteiger partial charge in [0, 0.05) is 18.3 Å². The lowest BCUT2D eigenvalue weighted by Crippen LogP contribution is -2.39. The first-order valence-corrected chi connectivity index (χ1v) is 11.6. The maximum atomic E-state index is 13.8. The molecule has 0 aliphatic rings. The molecule has 1 N–H and O–H groups in total. The molecule has 0 radical (unpaired) electrons. The summed E-state index contributed by atoms with van der Waals surface area (Å²) < 4.78 is 90.3. The fraction of sp³-hybridized carbons (Fsp3) is 0.296. The number of aromatic nitrogens is 1. The van der Waals surface area contributed by atoms with Gasteiger partial charge in [-0.05, 0) is 56.7 Å². The van der Waals surface area contributed by atoms with Crippen LogP contribution in [-0.2, 0) is 28.4 Å². The van der Waals surface area contributed by atoms with Crippen molar-refractivity contribution >= 4 is 11.9 Å². The Morgan fingerprint density at radius 1 is 0.897 bits per heavy atom. The Morgan fingerprint density at radius 2 is 1.51 bits per heavy atom. The molecule has 208 valence electrons. The highest BCUT2D eigenvalue weighted by Crippen LogP contribution is 2.35. The van der Waals surface area contributed by atoms with Crippen LogP contribution in [0.3, 0.4) is 0 Å². The number of pyridine rings is 1. The summed E-state index contributed by atoms with van der Waals surface area (Å²) in [5.74, 6) is -1.26. The number of carbonyl (C=O) groups is 2. The van der Waals surface area contributed by atoms with Crippen LogP contribution >= 0.6 is 0 Å². The molecule has 6 nitrogen and oxygen atoms in total. The fourth-order valence-electron chi connectivity index (χ4n) is 3.45. The van der Waals surface area contributed by atoms with Gasteiger partial charge in [0.25, 0.3) is 5.91 Å². The van der Waals surface area contributed by atoms with Gasteiger partial charge in [-0.3, -0.25) is 9.78 Å².